The molecule has 2 rings (SSSR count). The van der Waals surface area contributed by atoms with Crippen LogP contribution in [-0.2, 0) is 0 Å². The summed E-state index contributed by atoms with van der Waals surface area (Å²) in [6, 6.07) is 0. The highest BCUT2D eigenvalue weighted by Gasteiger charge is 2.44. The lowest BCUT2D eigenvalue weighted by molar-refractivity contribution is -0.00808. The molecule has 0 aromatic heterocycles. The van der Waals surface area contributed by atoms with E-state index in [0.29, 0.717) is 0 Å². The molecule has 0 nitrogen and oxygen atoms in total. The molecule has 0 radical (unpaired) electrons. The highest BCUT2D eigenvalue weighted by Crippen LogP contribution is 2.52. The maximum Gasteiger partial charge on any atom is -0.0357 e. The molecule has 0 saturated heterocycles. The van der Waals surface area contributed by atoms with Crippen LogP contribution in [0.25, 0.3) is 0 Å². The van der Waals surface area contributed by atoms with Crippen molar-refractivity contribution in [3.8, 4) is 0 Å². The van der Waals surface area contributed by atoms with Crippen molar-refractivity contribution in [2.24, 2.45) is 35.5 Å². The summed E-state index contributed by atoms with van der Waals surface area (Å²) in [7, 11) is 0. The zero-order valence-corrected chi connectivity index (χ0v) is 10.3. The van der Waals surface area contributed by atoms with E-state index in [-0.39, 0.29) is 0 Å². The minimum atomic E-state index is 1.02. The molecule has 0 aromatic rings. The van der Waals surface area contributed by atoms with Gasteiger partial charge < -0.3 is 0 Å². The molecule has 82 valence electrons. The van der Waals surface area contributed by atoms with E-state index < -0.39 is 0 Å². The number of hydrogen-bond donors (Lipinski definition) is 0. The van der Waals surface area contributed by atoms with Crippen molar-refractivity contribution in [2.45, 2.75) is 53.4 Å². The Hall–Kier alpha value is 0. The van der Waals surface area contributed by atoms with E-state index >= 15 is 0 Å². The van der Waals surface area contributed by atoms with Crippen LogP contribution >= 0.6 is 0 Å². The van der Waals surface area contributed by atoms with Crippen molar-refractivity contribution >= 4 is 0 Å². The van der Waals surface area contributed by atoms with Gasteiger partial charge in [0.05, 0.1) is 0 Å². The summed E-state index contributed by atoms with van der Waals surface area (Å²) in [4.78, 5) is 0. The Bertz CT molecular complexity index is 186. The van der Waals surface area contributed by atoms with Gasteiger partial charge in [0.2, 0.25) is 0 Å². The lowest BCUT2D eigenvalue weighted by atomic mass is 9.56. The largest absolute Gasteiger partial charge is 0.0651 e. The Morgan fingerprint density at radius 1 is 0.929 bits per heavy atom. The predicted molar refractivity (Wildman–Crippen MR) is 62.1 cm³/mol. The average molecular weight is 194 g/mol. The zero-order chi connectivity index (χ0) is 10.3. The van der Waals surface area contributed by atoms with Gasteiger partial charge in [-0.1, -0.05) is 34.1 Å². The molecule has 0 N–H and O–H groups in total. The van der Waals surface area contributed by atoms with Crippen LogP contribution < -0.4 is 0 Å². The molecule has 2 aliphatic rings. The van der Waals surface area contributed by atoms with E-state index in [1.165, 1.54) is 25.7 Å². The zero-order valence-electron chi connectivity index (χ0n) is 10.3. The molecule has 0 amide bonds. The fourth-order valence-corrected chi connectivity index (χ4v) is 3.92. The first-order valence-electron chi connectivity index (χ1n) is 6.65. The molecule has 2 fully saturated rings. The van der Waals surface area contributed by atoms with Crippen LogP contribution in [0.3, 0.4) is 0 Å². The second kappa shape index (κ2) is 3.87. The van der Waals surface area contributed by atoms with Gasteiger partial charge in [0.1, 0.15) is 0 Å². The standard InChI is InChI=1S/C14H26/c1-5-13-10(3)14(11(13)4)7-6-12-8-9(12)2/h9-14H,5-8H2,1-4H3. The summed E-state index contributed by atoms with van der Waals surface area (Å²) < 4.78 is 0. The van der Waals surface area contributed by atoms with Gasteiger partial charge in [0.25, 0.3) is 0 Å². The van der Waals surface area contributed by atoms with E-state index in [4.69, 9.17) is 0 Å². The van der Waals surface area contributed by atoms with E-state index in [1.54, 1.807) is 0 Å². The maximum atomic E-state index is 2.48. The Morgan fingerprint density at radius 3 is 1.93 bits per heavy atom. The first-order chi connectivity index (χ1) is 6.65. The summed E-state index contributed by atoms with van der Waals surface area (Å²) in [6.07, 6.45) is 5.97. The van der Waals surface area contributed by atoms with Gasteiger partial charge in [0.15, 0.2) is 0 Å². The fraction of sp³-hybridized carbons (Fsp3) is 1.00. The first kappa shape index (κ1) is 10.5. The molecule has 0 aliphatic heterocycles. The molecular weight excluding hydrogens is 168 g/mol. The van der Waals surface area contributed by atoms with Gasteiger partial charge in [-0.2, -0.15) is 0 Å². The highest BCUT2D eigenvalue weighted by atomic mass is 14.5. The molecule has 4 atom stereocenters. The smallest absolute Gasteiger partial charge is 0.0357 e. The number of hydrogen-bond acceptors (Lipinski definition) is 0. The molecule has 0 heterocycles. The van der Waals surface area contributed by atoms with Crippen molar-refractivity contribution in [2.75, 3.05) is 0 Å². The van der Waals surface area contributed by atoms with Crippen LogP contribution in [0.4, 0.5) is 0 Å². The van der Waals surface area contributed by atoms with Gasteiger partial charge in [-0.15, -0.1) is 0 Å². The van der Waals surface area contributed by atoms with Crippen LogP contribution in [0.2, 0.25) is 0 Å². The Kier molecular flexibility index (Phi) is 2.91. The normalized spacial score (nSPS) is 51.4. The minimum Gasteiger partial charge on any atom is -0.0651 e. The highest BCUT2D eigenvalue weighted by molar-refractivity contribution is 4.93. The van der Waals surface area contributed by atoms with Crippen molar-refractivity contribution in [3.63, 3.8) is 0 Å². The van der Waals surface area contributed by atoms with Crippen molar-refractivity contribution in [3.05, 3.63) is 0 Å². The molecule has 0 bridgehead atoms. The van der Waals surface area contributed by atoms with Crippen molar-refractivity contribution < 1.29 is 0 Å². The van der Waals surface area contributed by atoms with Gasteiger partial charge in [-0.25, -0.2) is 0 Å². The lowest BCUT2D eigenvalue weighted by Crippen LogP contribution is -2.43. The van der Waals surface area contributed by atoms with E-state index in [2.05, 4.69) is 27.7 Å². The lowest BCUT2D eigenvalue weighted by Gasteiger charge is -2.49. The van der Waals surface area contributed by atoms with Crippen LogP contribution in [0, 0.1) is 35.5 Å². The summed E-state index contributed by atoms with van der Waals surface area (Å²) in [5.74, 6) is 6.30. The van der Waals surface area contributed by atoms with Gasteiger partial charge >= 0.3 is 0 Å². The van der Waals surface area contributed by atoms with Gasteiger partial charge in [0, 0.05) is 0 Å². The minimum absolute atomic E-state index is 1.02. The van der Waals surface area contributed by atoms with Crippen molar-refractivity contribution in [1.29, 1.82) is 0 Å². The van der Waals surface area contributed by atoms with E-state index in [0.717, 1.165) is 35.5 Å². The molecule has 2 saturated carbocycles. The molecular formula is C14H26. The predicted octanol–water partition coefficient (Wildman–Crippen LogP) is 4.35. The topological polar surface area (TPSA) is 0 Å². The van der Waals surface area contributed by atoms with Crippen LogP contribution in [0.15, 0.2) is 0 Å². The summed E-state index contributed by atoms with van der Waals surface area (Å²) >= 11 is 0. The molecule has 4 unspecified atom stereocenters. The van der Waals surface area contributed by atoms with E-state index in [1.807, 2.05) is 0 Å². The van der Waals surface area contributed by atoms with Crippen LogP contribution in [0.5, 0.6) is 0 Å². The van der Waals surface area contributed by atoms with Gasteiger partial charge in [-0.05, 0) is 54.8 Å². The monoisotopic (exact) mass is 194 g/mol. The third-order valence-electron chi connectivity index (χ3n) is 5.32. The molecule has 0 spiro atoms. The molecule has 2 aliphatic carbocycles. The maximum absolute atomic E-state index is 2.48. The molecule has 0 aromatic carbocycles. The third-order valence-corrected chi connectivity index (χ3v) is 5.32. The van der Waals surface area contributed by atoms with Gasteiger partial charge in [-0.3, -0.25) is 0 Å². The third kappa shape index (κ3) is 1.73. The summed E-state index contributed by atoms with van der Waals surface area (Å²) in [5, 5.41) is 0. The second-order valence-corrected chi connectivity index (χ2v) is 6.00. The SMILES string of the molecule is CCC1C(C)C(CCC2CC2C)C1C. The molecule has 14 heavy (non-hydrogen) atoms. The molecule has 0 heteroatoms. The van der Waals surface area contributed by atoms with Crippen LogP contribution in [-0.4, -0.2) is 0 Å². The fourth-order valence-electron chi connectivity index (χ4n) is 3.92. The first-order valence-corrected chi connectivity index (χ1v) is 6.65. The summed E-state index contributed by atoms with van der Waals surface area (Å²) in [5.41, 5.74) is 0. The van der Waals surface area contributed by atoms with E-state index in [9.17, 15) is 0 Å². The average Bonchev–Trinajstić information content (AvgIpc) is 2.83. The summed E-state index contributed by atoms with van der Waals surface area (Å²) in [6.45, 7) is 9.73. The Labute approximate surface area is 89.5 Å². The quantitative estimate of drug-likeness (QED) is 0.624. The van der Waals surface area contributed by atoms with Crippen LogP contribution in [0.1, 0.15) is 53.4 Å². The number of rotatable bonds is 4. The van der Waals surface area contributed by atoms with Crippen molar-refractivity contribution in [1.82, 2.24) is 0 Å². The Morgan fingerprint density at radius 2 is 1.50 bits per heavy atom. The Balaban J connectivity index is 1.71. The second-order valence-electron chi connectivity index (χ2n) is 6.00.